The summed E-state index contributed by atoms with van der Waals surface area (Å²) in [5.41, 5.74) is 0.444. The van der Waals surface area contributed by atoms with Crippen LogP contribution in [0.4, 0.5) is 0 Å². The molecule has 1 atom stereocenters. The van der Waals surface area contributed by atoms with Crippen LogP contribution in [-0.4, -0.2) is 36.6 Å². The standard InChI is InChI=1S/C17H36N2/c1-7-15(8-2)19(12-14(3)4)13-16-17(5,6)10-9-11-18-16/h14-16,18H,7-13H2,1-6H3. The van der Waals surface area contributed by atoms with Gasteiger partial charge in [-0.05, 0) is 43.6 Å². The van der Waals surface area contributed by atoms with E-state index in [9.17, 15) is 0 Å². The molecular formula is C17H36N2. The highest BCUT2D eigenvalue weighted by molar-refractivity contribution is 4.91. The van der Waals surface area contributed by atoms with Crippen molar-refractivity contribution in [3.8, 4) is 0 Å². The summed E-state index contributed by atoms with van der Waals surface area (Å²) in [6.45, 7) is 17.9. The third kappa shape index (κ3) is 5.07. The number of nitrogens with one attached hydrogen (secondary N) is 1. The van der Waals surface area contributed by atoms with Crippen LogP contribution in [0, 0.1) is 11.3 Å². The maximum absolute atomic E-state index is 3.77. The van der Waals surface area contributed by atoms with Crippen LogP contribution in [-0.2, 0) is 0 Å². The Morgan fingerprint density at radius 3 is 2.32 bits per heavy atom. The first kappa shape index (κ1) is 17.0. The zero-order valence-electron chi connectivity index (χ0n) is 14.1. The van der Waals surface area contributed by atoms with E-state index in [1.807, 2.05) is 0 Å². The van der Waals surface area contributed by atoms with Gasteiger partial charge in [-0.2, -0.15) is 0 Å². The molecule has 1 unspecified atom stereocenters. The van der Waals surface area contributed by atoms with Crippen molar-refractivity contribution < 1.29 is 0 Å². The summed E-state index contributed by atoms with van der Waals surface area (Å²) in [5.74, 6) is 0.757. The van der Waals surface area contributed by atoms with Crippen molar-refractivity contribution in [2.24, 2.45) is 11.3 Å². The van der Waals surface area contributed by atoms with Gasteiger partial charge in [-0.3, -0.25) is 4.90 Å². The molecule has 19 heavy (non-hydrogen) atoms. The van der Waals surface area contributed by atoms with Crippen LogP contribution >= 0.6 is 0 Å². The van der Waals surface area contributed by atoms with E-state index >= 15 is 0 Å². The molecule has 0 aromatic rings. The third-order valence-corrected chi connectivity index (χ3v) is 4.81. The molecule has 2 heteroatoms. The predicted octanol–water partition coefficient (Wildman–Crippen LogP) is 3.91. The average molecular weight is 268 g/mol. The summed E-state index contributed by atoms with van der Waals surface area (Å²) in [4.78, 5) is 2.75. The largest absolute Gasteiger partial charge is 0.312 e. The first-order valence-corrected chi connectivity index (χ1v) is 8.38. The third-order valence-electron chi connectivity index (χ3n) is 4.81. The summed E-state index contributed by atoms with van der Waals surface area (Å²) in [5, 5.41) is 3.77. The first-order chi connectivity index (χ1) is 8.90. The SMILES string of the molecule is CCC(CC)N(CC(C)C)CC1NCCCC1(C)C. The van der Waals surface area contributed by atoms with Gasteiger partial charge in [-0.25, -0.2) is 0 Å². The van der Waals surface area contributed by atoms with Crippen LogP contribution in [0.5, 0.6) is 0 Å². The maximum atomic E-state index is 3.77. The summed E-state index contributed by atoms with van der Waals surface area (Å²) < 4.78 is 0. The molecule has 0 bridgehead atoms. The van der Waals surface area contributed by atoms with Gasteiger partial charge in [0.2, 0.25) is 0 Å². The Bertz CT molecular complexity index is 244. The molecule has 0 aromatic carbocycles. The van der Waals surface area contributed by atoms with Crippen LogP contribution < -0.4 is 5.32 Å². The van der Waals surface area contributed by atoms with E-state index in [1.54, 1.807) is 0 Å². The Morgan fingerprint density at radius 2 is 1.84 bits per heavy atom. The Labute approximate surface area is 121 Å². The van der Waals surface area contributed by atoms with Crippen molar-refractivity contribution in [3.63, 3.8) is 0 Å². The van der Waals surface area contributed by atoms with Gasteiger partial charge < -0.3 is 5.32 Å². The van der Waals surface area contributed by atoms with Crippen molar-refractivity contribution in [2.45, 2.75) is 79.3 Å². The fourth-order valence-corrected chi connectivity index (χ4v) is 3.46. The lowest BCUT2D eigenvalue weighted by atomic mass is 9.77. The molecular weight excluding hydrogens is 232 g/mol. The molecule has 1 saturated heterocycles. The second kappa shape index (κ2) is 7.64. The lowest BCUT2D eigenvalue weighted by Gasteiger charge is -2.44. The Kier molecular flexibility index (Phi) is 6.82. The van der Waals surface area contributed by atoms with Crippen molar-refractivity contribution >= 4 is 0 Å². The highest BCUT2D eigenvalue weighted by Crippen LogP contribution is 2.31. The number of nitrogens with zero attached hydrogens (tertiary/aromatic N) is 1. The van der Waals surface area contributed by atoms with Crippen LogP contribution in [0.3, 0.4) is 0 Å². The lowest BCUT2D eigenvalue weighted by molar-refractivity contribution is 0.0890. The van der Waals surface area contributed by atoms with Gasteiger partial charge in [0, 0.05) is 25.2 Å². The monoisotopic (exact) mass is 268 g/mol. The van der Waals surface area contributed by atoms with Gasteiger partial charge in [0.15, 0.2) is 0 Å². The van der Waals surface area contributed by atoms with Crippen LogP contribution in [0.1, 0.15) is 67.2 Å². The zero-order valence-corrected chi connectivity index (χ0v) is 14.1. The fourth-order valence-electron chi connectivity index (χ4n) is 3.46. The number of rotatable bonds is 7. The number of hydrogen-bond acceptors (Lipinski definition) is 2. The van der Waals surface area contributed by atoms with E-state index in [0.29, 0.717) is 11.5 Å². The molecule has 0 aromatic heterocycles. The molecule has 1 aliphatic heterocycles. The highest BCUT2D eigenvalue weighted by Gasteiger charge is 2.34. The topological polar surface area (TPSA) is 15.3 Å². The molecule has 0 saturated carbocycles. The average Bonchev–Trinajstić information content (AvgIpc) is 2.32. The molecule has 114 valence electrons. The molecule has 1 rings (SSSR count). The Balaban J connectivity index is 2.69. The van der Waals surface area contributed by atoms with E-state index in [2.05, 4.69) is 51.8 Å². The molecule has 2 nitrogen and oxygen atoms in total. The van der Waals surface area contributed by atoms with E-state index in [-0.39, 0.29) is 0 Å². The van der Waals surface area contributed by atoms with Crippen molar-refractivity contribution in [1.29, 1.82) is 0 Å². The first-order valence-electron chi connectivity index (χ1n) is 8.38. The minimum atomic E-state index is 0.444. The van der Waals surface area contributed by atoms with Crippen molar-refractivity contribution in [2.75, 3.05) is 19.6 Å². The van der Waals surface area contributed by atoms with E-state index in [1.165, 1.54) is 45.3 Å². The lowest BCUT2D eigenvalue weighted by Crippen LogP contribution is -2.55. The van der Waals surface area contributed by atoms with E-state index < -0.39 is 0 Å². The number of hydrogen-bond donors (Lipinski definition) is 1. The van der Waals surface area contributed by atoms with E-state index in [4.69, 9.17) is 0 Å². The van der Waals surface area contributed by atoms with Gasteiger partial charge in [0.05, 0.1) is 0 Å². The normalized spacial score (nSPS) is 23.5. The quantitative estimate of drug-likeness (QED) is 0.753. The van der Waals surface area contributed by atoms with Crippen molar-refractivity contribution in [3.05, 3.63) is 0 Å². The molecule has 1 heterocycles. The van der Waals surface area contributed by atoms with Gasteiger partial charge >= 0.3 is 0 Å². The summed E-state index contributed by atoms with van der Waals surface area (Å²) in [6.07, 6.45) is 5.24. The molecule has 0 amide bonds. The molecule has 0 aliphatic carbocycles. The second-order valence-corrected chi connectivity index (χ2v) is 7.42. The zero-order chi connectivity index (χ0) is 14.5. The summed E-state index contributed by atoms with van der Waals surface area (Å²) in [7, 11) is 0. The van der Waals surface area contributed by atoms with Crippen LogP contribution in [0.2, 0.25) is 0 Å². The molecule has 1 aliphatic rings. The molecule has 0 radical (unpaired) electrons. The second-order valence-electron chi connectivity index (χ2n) is 7.42. The molecule has 1 fully saturated rings. The van der Waals surface area contributed by atoms with Crippen molar-refractivity contribution in [1.82, 2.24) is 10.2 Å². The Hall–Kier alpha value is -0.0800. The number of piperidine rings is 1. The fraction of sp³-hybridized carbons (Fsp3) is 1.00. The minimum absolute atomic E-state index is 0.444. The summed E-state index contributed by atoms with van der Waals surface area (Å²) in [6, 6.07) is 1.41. The van der Waals surface area contributed by atoms with Crippen LogP contribution in [0.25, 0.3) is 0 Å². The minimum Gasteiger partial charge on any atom is -0.312 e. The predicted molar refractivity (Wildman–Crippen MR) is 85.6 cm³/mol. The van der Waals surface area contributed by atoms with Gasteiger partial charge in [0.1, 0.15) is 0 Å². The van der Waals surface area contributed by atoms with Crippen LogP contribution in [0.15, 0.2) is 0 Å². The highest BCUT2D eigenvalue weighted by atomic mass is 15.2. The smallest absolute Gasteiger partial charge is 0.0246 e. The van der Waals surface area contributed by atoms with Gasteiger partial charge in [0.25, 0.3) is 0 Å². The van der Waals surface area contributed by atoms with Gasteiger partial charge in [-0.1, -0.05) is 41.5 Å². The maximum Gasteiger partial charge on any atom is 0.0246 e. The Morgan fingerprint density at radius 1 is 1.21 bits per heavy atom. The molecule has 0 spiro atoms. The molecule has 1 N–H and O–H groups in total. The van der Waals surface area contributed by atoms with E-state index in [0.717, 1.165) is 12.0 Å². The summed E-state index contributed by atoms with van der Waals surface area (Å²) >= 11 is 0. The van der Waals surface area contributed by atoms with Gasteiger partial charge in [-0.15, -0.1) is 0 Å².